The van der Waals surface area contributed by atoms with Gasteiger partial charge in [-0.3, -0.25) is 4.79 Å². The first kappa shape index (κ1) is 17.9. The highest BCUT2D eigenvalue weighted by atomic mass is 32.2. The van der Waals surface area contributed by atoms with Crippen LogP contribution in [0.5, 0.6) is 5.75 Å². The van der Waals surface area contributed by atoms with Crippen molar-refractivity contribution in [1.29, 1.82) is 0 Å². The van der Waals surface area contributed by atoms with Crippen LogP contribution in [0.3, 0.4) is 0 Å². The van der Waals surface area contributed by atoms with Gasteiger partial charge in [-0.2, -0.15) is 0 Å². The molecule has 1 aliphatic heterocycles. The molecule has 1 N–H and O–H groups in total. The second-order valence-corrected chi connectivity index (χ2v) is 8.31. The van der Waals surface area contributed by atoms with Gasteiger partial charge in [0.1, 0.15) is 11.4 Å². The van der Waals surface area contributed by atoms with Crippen molar-refractivity contribution < 1.29 is 9.53 Å². The SMILES string of the molecule is Cc1ccc2c(c1)OC(C)(C)CC2NC(=O)CCSc1ccccc1. The monoisotopic (exact) mass is 355 g/mol. The van der Waals surface area contributed by atoms with Crippen molar-refractivity contribution in [1.82, 2.24) is 5.32 Å². The second kappa shape index (κ2) is 7.52. The van der Waals surface area contributed by atoms with Gasteiger partial charge in [0.15, 0.2) is 0 Å². The predicted octanol–water partition coefficient (Wildman–Crippen LogP) is 4.90. The van der Waals surface area contributed by atoms with Crippen molar-refractivity contribution in [3.05, 3.63) is 59.7 Å². The summed E-state index contributed by atoms with van der Waals surface area (Å²) in [7, 11) is 0. The van der Waals surface area contributed by atoms with Gasteiger partial charge in [-0.15, -0.1) is 11.8 Å². The zero-order valence-electron chi connectivity index (χ0n) is 15.0. The number of fused-ring (bicyclic) bond motifs is 1. The Morgan fingerprint density at radius 1 is 1.24 bits per heavy atom. The molecule has 0 radical (unpaired) electrons. The lowest BCUT2D eigenvalue weighted by molar-refractivity contribution is -0.121. The Morgan fingerprint density at radius 2 is 2.00 bits per heavy atom. The Hall–Kier alpha value is -1.94. The largest absolute Gasteiger partial charge is 0.487 e. The van der Waals surface area contributed by atoms with Crippen LogP contribution in [0.1, 0.15) is 43.9 Å². The molecule has 0 saturated carbocycles. The van der Waals surface area contributed by atoms with E-state index in [0.29, 0.717) is 6.42 Å². The minimum absolute atomic E-state index is 0.00794. The average molecular weight is 356 g/mol. The topological polar surface area (TPSA) is 38.3 Å². The Balaban J connectivity index is 1.61. The number of benzene rings is 2. The highest BCUT2D eigenvalue weighted by molar-refractivity contribution is 7.99. The molecule has 3 rings (SSSR count). The highest BCUT2D eigenvalue weighted by Crippen LogP contribution is 2.39. The van der Waals surface area contributed by atoms with Gasteiger partial charge in [0.05, 0.1) is 6.04 Å². The summed E-state index contributed by atoms with van der Waals surface area (Å²) in [5, 5.41) is 3.20. The van der Waals surface area contributed by atoms with E-state index in [1.165, 1.54) is 10.5 Å². The van der Waals surface area contributed by atoms with Gasteiger partial charge in [0.25, 0.3) is 0 Å². The van der Waals surface area contributed by atoms with Crippen molar-refractivity contribution in [3.63, 3.8) is 0 Å². The second-order valence-electron chi connectivity index (χ2n) is 7.14. The van der Waals surface area contributed by atoms with Crippen molar-refractivity contribution in [3.8, 4) is 5.75 Å². The fourth-order valence-corrected chi connectivity index (χ4v) is 4.01. The maximum absolute atomic E-state index is 12.4. The third-order valence-electron chi connectivity index (χ3n) is 4.30. The number of carbonyl (C=O) groups excluding carboxylic acids is 1. The number of thioether (sulfide) groups is 1. The zero-order valence-corrected chi connectivity index (χ0v) is 15.9. The standard InChI is InChI=1S/C21H25NO2S/c1-15-9-10-17-18(14-21(2,3)24-19(17)13-15)22-20(23)11-12-25-16-7-5-4-6-8-16/h4-10,13,18H,11-12,14H2,1-3H3,(H,22,23). The van der Waals surface area contributed by atoms with Gasteiger partial charge >= 0.3 is 0 Å². The number of hydrogen-bond acceptors (Lipinski definition) is 3. The molecule has 1 unspecified atom stereocenters. The Bertz CT molecular complexity index is 743. The molecule has 3 nitrogen and oxygen atoms in total. The van der Waals surface area contributed by atoms with Crippen molar-refractivity contribution in [2.45, 2.75) is 50.2 Å². The van der Waals surface area contributed by atoms with Crippen LogP contribution in [0.4, 0.5) is 0 Å². The predicted molar refractivity (Wildman–Crippen MR) is 103 cm³/mol. The zero-order chi connectivity index (χ0) is 17.9. The van der Waals surface area contributed by atoms with Crippen molar-refractivity contribution >= 4 is 17.7 Å². The summed E-state index contributed by atoms with van der Waals surface area (Å²) in [4.78, 5) is 13.6. The molecule has 0 bridgehead atoms. The molecule has 2 aromatic carbocycles. The average Bonchev–Trinajstić information content (AvgIpc) is 2.54. The molecule has 132 valence electrons. The maximum atomic E-state index is 12.4. The minimum atomic E-state index is -0.280. The molecule has 4 heteroatoms. The molecule has 0 aliphatic carbocycles. The minimum Gasteiger partial charge on any atom is -0.487 e. The summed E-state index contributed by atoms with van der Waals surface area (Å²) < 4.78 is 6.10. The lowest BCUT2D eigenvalue weighted by Crippen LogP contribution is -2.41. The number of ether oxygens (including phenoxy) is 1. The lowest BCUT2D eigenvalue weighted by atomic mass is 9.89. The van der Waals surface area contributed by atoms with Crippen molar-refractivity contribution in [2.24, 2.45) is 0 Å². The summed E-state index contributed by atoms with van der Waals surface area (Å²) in [6.45, 7) is 6.20. The van der Waals surface area contributed by atoms with Crippen LogP contribution in [0, 0.1) is 6.92 Å². The fraction of sp³-hybridized carbons (Fsp3) is 0.381. The van der Waals surface area contributed by atoms with E-state index < -0.39 is 0 Å². The molecule has 1 amide bonds. The molecule has 1 heterocycles. The van der Waals surface area contributed by atoms with Crippen LogP contribution in [0.2, 0.25) is 0 Å². The van der Waals surface area contributed by atoms with Gasteiger partial charge in [-0.25, -0.2) is 0 Å². The molecular formula is C21H25NO2S. The fourth-order valence-electron chi connectivity index (χ4n) is 3.13. The van der Waals surface area contributed by atoms with E-state index in [0.717, 1.165) is 23.5 Å². The van der Waals surface area contributed by atoms with Crippen LogP contribution in [0.15, 0.2) is 53.4 Å². The summed E-state index contributed by atoms with van der Waals surface area (Å²) in [6, 6.07) is 16.4. The maximum Gasteiger partial charge on any atom is 0.221 e. The van der Waals surface area contributed by atoms with Gasteiger partial charge in [-0.1, -0.05) is 30.3 Å². The molecule has 0 spiro atoms. The third kappa shape index (κ3) is 4.79. The number of carbonyl (C=O) groups is 1. The van der Waals surface area contributed by atoms with Crippen LogP contribution in [0.25, 0.3) is 0 Å². The van der Waals surface area contributed by atoms with E-state index in [1.54, 1.807) is 11.8 Å². The van der Waals surface area contributed by atoms with Gasteiger partial charge in [0, 0.05) is 29.1 Å². The molecule has 25 heavy (non-hydrogen) atoms. The first-order chi connectivity index (χ1) is 11.9. The Kier molecular flexibility index (Phi) is 5.38. The quantitative estimate of drug-likeness (QED) is 0.776. The molecule has 1 aliphatic rings. The number of amides is 1. The number of nitrogens with one attached hydrogen (secondary N) is 1. The Morgan fingerprint density at radius 3 is 2.76 bits per heavy atom. The third-order valence-corrected chi connectivity index (χ3v) is 5.32. The highest BCUT2D eigenvalue weighted by Gasteiger charge is 2.34. The van der Waals surface area contributed by atoms with Gasteiger partial charge < -0.3 is 10.1 Å². The summed E-state index contributed by atoms with van der Waals surface area (Å²) in [6.07, 6.45) is 1.29. The molecule has 0 aromatic heterocycles. The van der Waals surface area contributed by atoms with E-state index in [4.69, 9.17) is 4.74 Å². The van der Waals surface area contributed by atoms with Gasteiger partial charge in [-0.05, 0) is 44.5 Å². The summed E-state index contributed by atoms with van der Waals surface area (Å²) in [5.74, 6) is 1.77. The number of hydrogen-bond donors (Lipinski definition) is 1. The molecule has 0 saturated heterocycles. The molecule has 0 fully saturated rings. The van der Waals surface area contributed by atoms with E-state index >= 15 is 0 Å². The van der Waals surface area contributed by atoms with Crippen LogP contribution in [-0.2, 0) is 4.79 Å². The van der Waals surface area contributed by atoms with Crippen LogP contribution in [-0.4, -0.2) is 17.3 Å². The molecule has 2 aromatic rings. The van der Waals surface area contributed by atoms with E-state index in [1.807, 2.05) is 18.2 Å². The number of rotatable bonds is 5. The van der Waals surface area contributed by atoms with Crippen LogP contribution >= 0.6 is 11.8 Å². The number of aryl methyl sites for hydroxylation is 1. The Labute approximate surface area is 154 Å². The normalized spacial score (nSPS) is 18.1. The first-order valence-corrected chi connectivity index (χ1v) is 9.68. The van der Waals surface area contributed by atoms with Crippen molar-refractivity contribution in [2.75, 3.05) is 5.75 Å². The smallest absolute Gasteiger partial charge is 0.221 e. The van der Waals surface area contributed by atoms with E-state index in [9.17, 15) is 4.79 Å². The summed E-state index contributed by atoms with van der Waals surface area (Å²) in [5.41, 5.74) is 1.96. The van der Waals surface area contributed by atoms with Gasteiger partial charge in [0.2, 0.25) is 5.91 Å². The molecular weight excluding hydrogens is 330 g/mol. The lowest BCUT2D eigenvalue weighted by Gasteiger charge is -2.38. The summed E-state index contributed by atoms with van der Waals surface area (Å²) >= 11 is 1.71. The van der Waals surface area contributed by atoms with Crippen LogP contribution < -0.4 is 10.1 Å². The van der Waals surface area contributed by atoms with E-state index in [2.05, 4.69) is 56.4 Å². The molecule has 1 atom stereocenters. The first-order valence-electron chi connectivity index (χ1n) is 8.70. The van der Waals surface area contributed by atoms with E-state index in [-0.39, 0.29) is 17.6 Å².